The van der Waals surface area contributed by atoms with E-state index in [-0.39, 0.29) is 22.4 Å². The first-order valence-electron chi connectivity index (χ1n) is 10.7. The number of hydrogen-bond acceptors (Lipinski definition) is 6. The molecule has 8 heteroatoms. The maximum Gasteiger partial charge on any atom is 0.266 e. The van der Waals surface area contributed by atoms with E-state index in [4.69, 9.17) is 0 Å². The predicted molar refractivity (Wildman–Crippen MR) is 131 cm³/mol. The van der Waals surface area contributed by atoms with Crippen LogP contribution < -0.4 is 10.2 Å². The number of azo groups is 1. The van der Waals surface area contributed by atoms with Gasteiger partial charge in [0.1, 0.15) is 5.75 Å². The topological polar surface area (TPSA) is 111 Å². The summed E-state index contributed by atoms with van der Waals surface area (Å²) in [5, 5.41) is 20.4. The number of amides is 3. The third-order valence-electron chi connectivity index (χ3n) is 5.42. The molecule has 3 amide bonds. The highest BCUT2D eigenvalue weighted by molar-refractivity contribution is 6.34. The van der Waals surface area contributed by atoms with Crippen LogP contribution in [0.25, 0.3) is 0 Å². The third kappa shape index (κ3) is 4.40. The van der Waals surface area contributed by atoms with Crippen LogP contribution in [0, 0.1) is 0 Å². The fourth-order valence-electron chi connectivity index (χ4n) is 3.64. The summed E-state index contributed by atoms with van der Waals surface area (Å²) in [5.41, 5.74) is 2.78. The maximum atomic E-state index is 13.1. The van der Waals surface area contributed by atoms with Gasteiger partial charge in [0.2, 0.25) is 0 Å². The molecule has 0 saturated heterocycles. The Morgan fingerprint density at radius 2 is 1.34 bits per heavy atom. The number of aromatic hydroxyl groups is 1. The highest BCUT2D eigenvalue weighted by Crippen LogP contribution is 2.31. The van der Waals surface area contributed by atoms with Crippen LogP contribution in [-0.4, -0.2) is 22.8 Å². The molecule has 1 heterocycles. The summed E-state index contributed by atoms with van der Waals surface area (Å²) in [4.78, 5) is 39.7. The van der Waals surface area contributed by atoms with Crippen molar-refractivity contribution >= 4 is 40.5 Å². The van der Waals surface area contributed by atoms with Crippen LogP contribution in [0.15, 0.2) is 107 Å². The number of nitrogens with zero attached hydrogens (tertiary/aromatic N) is 3. The van der Waals surface area contributed by atoms with Gasteiger partial charge in [-0.3, -0.25) is 14.4 Å². The molecular weight excluding hydrogens is 444 g/mol. The summed E-state index contributed by atoms with van der Waals surface area (Å²) < 4.78 is 0. The molecule has 0 fully saturated rings. The van der Waals surface area contributed by atoms with Crippen molar-refractivity contribution < 1.29 is 19.5 Å². The maximum absolute atomic E-state index is 13.1. The van der Waals surface area contributed by atoms with Crippen molar-refractivity contribution in [2.24, 2.45) is 10.2 Å². The number of rotatable bonds is 5. The first kappa shape index (κ1) is 21.7. The van der Waals surface area contributed by atoms with Crippen molar-refractivity contribution in [3.05, 3.63) is 114 Å². The van der Waals surface area contributed by atoms with Crippen LogP contribution in [0.2, 0.25) is 0 Å². The van der Waals surface area contributed by atoms with Crippen LogP contribution in [0.5, 0.6) is 5.75 Å². The predicted octanol–water partition coefficient (Wildman–Crippen LogP) is 5.86. The molecule has 4 aromatic carbocycles. The fourth-order valence-corrected chi connectivity index (χ4v) is 3.64. The van der Waals surface area contributed by atoms with E-state index in [1.54, 1.807) is 36.4 Å². The van der Waals surface area contributed by atoms with Crippen molar-refractivity contribution in [2.75, 3.05) is 10.2 Å². The fraction of sp³-hybridized carbons (Fsp3) is 0. The number of nitrogens with one attached hydrogen (secondary N) is 1. The van der Waals surface area contributed by atoms with Gasteiger partial charge in [0, 0.05) is 11.3 Å². The number of fused-ring (bicyclic) bond motifs is 1. The monoisotopic (exact) mass is 462 g/mol. The molecule has 0 radical (unpaired) electrons. The van der Waals surface area contributed by atoms with Gasteiger partial charge < -0.3 is 10.4 Å². The molecule has 4 aromatic rings. The van der Waals surface area contributed by atoms with Gasteiger partial charge in [-0.1, -0.05) is 18.2 Å². The van der Waals surface area contributed by atoms with E-state index in [9.17, 15) is 19.5 Å². The van der Waals surface area contributed by atoms with E-state index in [0.29, 0.717) is 22.7 Å². The van der Waals surface area contributed by atoms with E-state index in [0.717, 1.165) is 4.90 Å². The second-order valence-electron chi connectivity index (χ2n) is 7.76. The van der Waals surface area contributed by atoms with Crippen molar-refractivity contribution in [3.63, 3.8) is 0 Å². The Balaban J connectivity index is 1.34. The zero-order valence-electron chi connectivity index (χ0n) is 18.3. The Hall–Kier alpha value is -5.11. The van der Waals surface area contributed by atoms with Crippen LogP contribution in [-0.2, 0) is 0 Å². The minimum Gasteiger partial charge on any atom is -0.508 e. The largest absolute Gasteiger partial charge is 0.508 e. The molecule has 5 rings (SSSR count). The number of carbonyl (C=O) groups is 3. The van der Waals surface area contributed by atoms with E-state index in [1.165, 1.54) is 30.3 Å². The summed E-state index contributed by atoms with van der Waals surface area (Å²) >= 11 is 0. The molecule has 0 aromatic heterocycles. The van der Waals surface area contributed by atoms with E-state index < -0.39 is 17.7 Å². The van der Waals surface area contributed by atoms with Crippen molar-refractivity contribution in [1.29, 1.82) is 0 Å². The van der Waals surface area contributed by atoms with Crippen LogP contribution in [0.1, 0.15) is 31.1 Å². The van der Waals surface area contributed by atoms with Gasteiger partial charge in [-0.2, -0.15) is 10.2 Å². The normalized spacial score (nSPS) is 12.7. The molecule has 0 aliphatic carbocycles. The number of phenolic OH excluding ortho intramolecular Hbond substituents is 1. The van der Waals surface area contributed by atoms with E-state index in [2.05, 4.69) is 15.5 Å². The van der Waals surface area contributed by atoms with Crippen LogP contribution in [0.4, 0.5) is 22.7 Å². The molecule has 35 heavy (non-hydrogen) atoms. The summed E-state index contributed by atoms with van der Waals surface area (Å²) in [7, 11) is 0. The number of hydrogen-bond donors (Lipinski definition) is 2. The van der Waals surface area contributed by atoms with Crippen molar-refractivity contribution in [3.8, 4) is 5.75 Å². The van der Waals surface area contributed by atoms with Crippen LogP contribution in [0.3, 0.4) is 0 Å². The Labute approximate surface area is 200 Å². The van der Waals surface area contributed by atoms with Gasteiger partial charge >= 0.3 is 0 Å². The number of phenols is 1. The Morgan fingerprint density at radius 1 is 0.714 bits per heavy atom. The molecule has 0 spiro atoms. The standard InChI is InChI=1S/C27H18N4O4/c32-22-13-9-18(10-14-22)28-25(33)17-6-15-23-24(16-17)27(35)31(26(23)34)21-11-7-20(8-12-21)30-29-19-4-2-1-3-5-19/h1-16,32H,(H,28,33). The van der Waals surface area contributed by atoms with Crippen molar-refractivity contribution in [2.45, 2.75) is 0 Å². The lowest BCUT2D eigenvalue weighted by atomic mass is 10.1. The molecule has 1 aliphatic heterocycles. The quantitative estimate of drug-likeness (QED) is 0.220. The molecule has 0 saturated carbocycles. The van der Waals surface area contributed by atoms with Crippen molar-refractivity contribution in [1.82, 2.24) is 0 Å². The molecule has 2 N–H and O–H groups in total. The Kier molecular flexibility index (Phi) is 5.60. The summed E-state index contributed by atoms with van der Waals surface area (Å²) in [6, 6.07) is 26.3. The highest BCUT2D eigenvalue weighted by atomic mass is 16.3. The lowest BCUT2D eigenvalue weighted by Crippen LogP contribution is -2.29. The molecule has 170 valence electrons. The lowest BCUT2D eigenvalue weighted by Gasteiger charge is -2.13. The molecule has 1 aliphatic rings. The zero-order valence-corrected chi connectivity index (χ0v) is 18.3. The molecule has 0 atom stereocenters. The van der Waals surface area contributed by atoms with Crippen LogP contribution >= 0.6 is 0 Å². The smallest absolute Gasteiger partial charge is 0.266 e. The third-order valence-corrected chi connectivity index (χ3v) is 5.42. The van der Waals surface area contributed by atoms with Gasteiger partial charge in [-0.15, -0.1) is 0 Å². The molecule has 8 nitrogen and oxygen atoms in total. The minimum atomic E-state index is -0.511. The number of imide groups is 1. The second kappa shape index (κ2) is 9.03. The average Bonchev–Trinajstić information content (AvgIpc) is 3.14. The first-order valence-corrected chi connectivity index (χ1v) is 10.7. The average molecular weight is 462 g/mol. The Morgan fingerprint density at radius 3 is 2.03 bits per heavy atom. The van der Waals surface area contributed by atoms with E-state index in [1.807, 2.05) is 30.3 Å². The van der Waals surface area contributed by atoms with Gasteiger partial charge in [0.25, 0.3) is 17.7 Å². The lowest BCUT2D eigenvalue weighted by molar-refractivity contribution is 0.0925. The minimum absolute atomic E-state index is 0.0806. The van der Waals surface area contributed by atoms with Gasteiger partial charge in [-0.25, -0.2) is 4.90 Å². The molecular formula is C27H18N4O4. The number of benzene rings is 4. The summed E-state index contributed by atoms with van der Waals surface area (Å²) in [6.07, 6.45) is 0. The number of carbonyl (C=O) groups excluding carboxylic acids is 3. The molecule has 0 bridgehead atoms. The summed E-state index contributed by atoms with van der Waals surface area (Å²) in [5.74, 6) is -1.33. The first-order chi connectivity index (χ1) is 17.0. The summed E-state index contributed by atoms with van der Waals surface area (Å²) in [6.45, 7) is 0. The number of anilines is 2. The highest BCUT2D eigenvalue weighted by Gasteiger charge is 2.37. The van der Waals surface area contributed by atoms with E-state index >= 15 is 0 Å². The van der Waals surface area contributed by atoms with Gasteiger partial charge in [0.15, 0.2) is 0 Å². The second-order valence-corrected chi connectivity index (χ2v) is 7.76. The molecule has 0 unspecified atom stereocenters. The Bertz CT molecular complexity index is 1460. The SMILES string of the molecule is O=C(Nc1ccc(O)cc1)c1ccc2c(c1)C(=O)N(c1ccc(N=Nc3ccccc3)cc1)C2=O. The zero-order chi connectivity index (χ0) is 24.4. The van der Waals surface area contributed by atoms with Gasteiger partial charge in [-0.05, 0) is 78.9 Å². The van der Waals surface area contributed by atoms with Gasteiger partial charge in [0.05, 0.1) is 28.2 Å².